The van der Waals surface area contributed by atoms with Crippen LogP contribution in [0.25, 0.3) is 10.8 Å². The molecule has 1 aliphatic rings. The first kappa shape index (κ1) is 13.9. The van der Waals surface area contributed by atoms with Crippen LogP contribution in [0.3, 0.4) is 0 Å². The maximum absolute atomic E-state index is 6.05. The van der Waals surface area contributed by atoms with Crippen molar-refractivity contribution in [1.29, 1.82) is 0 Å². The van der Waals surface area contributed by atoms with Crippen LogP contribution in [0, 0.1) is 5.92 Å². The van der Waals surface area contributed by atoms with Crippen LogP contribution in [0.4, 0.5) is 0 Å². The quantitative estimate of drug-likeness (QED) is 0.599. The molecular weight excluding hydrogens is 264 g/mol. The summed E-state index contributed by atoms with van der Waals surface area (Å²) in [5, 5.41) is 3.40. The average molecular weight is 287 g/mol. The molecule has 1 saturated carbocycles. The molecule has 1 aliphatic carbocycles. The monoisotopic (exact) mass is 286 g/mol. The van der Waals surface area contributed by atoms with Gasteiger partial charge in [0.25, 0.3) is 0 Å². The van der Waals surface area contributed by atoms with Gasteiger partial charge >= 0.3 is 0 Å². The van der Waals surface area contributed by atoms with Crippen molar-refractivity contribution in [3.63, 3.8) is 0 Å². The van der Waals surface area contributed by atoms with Gasteiger partial charge in [0.15, 0.2) is 0 Å². The average Bonchev–Trinajstić information content (AvgIpc) is 2.48. The molecule has 0 unspecified atom stereocenters. The van der Waals surface area contributed by atoms with Crippen molar-refractivity contribution < 1.29 is 0 Å². The summed E-state index contributed by atoms with van der Waals surface area (Å²) in [6, 6.07) is 13.1. The summed E-state index contributed by atoms with van der Waals surface area (Å²) in [6.45, 7) is 2.31. The van der Waals surface area contributed by atoms with E-state index in [1.165, 1.54) is 54.9 Å². The van der Waals surface area contributed by atoms with E-state index in [4.69, 9.17) is 11.6 Å². The van der Waals surface area contributed by atoms with Crippen molar-refractivity contribution >= 4 is 22.4 Å². The number of halogens is 1. The molecule has 0 N–H and O–H groups in total. The normalized spacial score (nSPS) is 23.1. The number of hydrogen-bond donors (Lipinski definition) is 0. The van der Waals surface area contributed by atoms with Crippen LogP contribution in [-0.4, -0.2) is 0 Å². The van der Waals surface area contributed by atoms with E-state index in [-0.39, 0.29) is 0 Å². The second-order valence-corrected chi connectivity index (χ2v) is 6.69. The molecule has 0 nitrogen and oxygen atoms in total. The third kappa shape index (κ3) is 3.01. The molecule has 2 aromatic carbocycles. The summed E-state index contributed by atoms with van der Waals surface area (Å²) < 4.78 is 0. The molecule has 0 spiro atoms. The van der Waals surface area contributed by atoms with Crippen LogP contribution in [0.2, 0.25) is 5.02 Å². The van der Waals surface area contributed by atoms with Crippen molar-refractivity contribution in [2.45, 2.75) is 51.4 Å². The summed E-state index contributed by atoms with van der Waals surface area (Å²) >= 11 is 6.05. The molecule has 0 bridgehead atoms. The highest BCUT2D eigenvalue weighted by atomic mass is 35.5. The molecule has 1 heteroatoms. The molecule has 0 amide bonds. The predicted molar refractivity (Wildman–Crippen MR) is 88.6 cm³/mol. The van der Waals surface area contributed by atoms with E-state index in [2.05, 4.69) is 37.3 Å². The Morgan fingerprint density at radius 3 is 2.40 bits per heavy atom. The minimum atomic E-state index is 0.767. The molecule has 0 aliphatic heterocycles. The number of rotatable bonds is 3. The Morgan fingerprint density at radius 2 is 1.65 bits per heavy atom. The Morgan fingerprint density at radius 1 is 0.950 bits per heavy atom. The van der Waals surface area contributed by atoms with Crippen LogP contribution < -0.4 is 0 Å². The van der Waals surface area contributed by atoms with E-state index in [0.29, 0.717) is 0 Å². The fourth-order valence-corrected chi connectivity index (χ4v) is 3.86. The fraction of sp³-hybridized carbons (Fsp3) is 0.474. The summed E-state index contributed by atoms with van der Waals surface area (Å²) in [5.74, 6) is 1.75. The van der Waals surface area contributed by atoms with Gasteiger partial charge < -0.3 is 0 Å². The van der Waals surface area contributed by atoms with Gasteiger partial charge in [0.1, 0.15) is 0 Å². The molecule has 0 atom stereocenters. The zero-order chi connectivity index (χ0) is 13.9. The van der Waals surface area contributed by atoms with Gasteiger partial charge in [0, 0.05) is 5.02 Å². The van der Waals surface area contributed by atoms with Gasteiger partial charge in [-0.15, -0.1) is 0 Å². The first-order chi connectivity index (χ1) is 9.76. The molecule has 0 radical (unpaired) electrons. The van der Waals surface area contributed by atoms with Crippen molar-refractivity contribution in [3.05, 3.63) is 47.0 Å². The molecule has 0 aromatic heterocycles. The van der Waals surface area contributed by atoms with Gasteiger partial charge in [-0.2, -0.15) is 0 Å². The van der Waals surface area contributed by atoms with Crippen molar-refractivity contribution in [2.75, 3.05) is 0 Å². The first-order valence-electron chi connectivity index (χ1n) is 7.95. The lowest BCUT2D eigenvalue weighted by Gasteiger charge is -2.28. The smallest absolute Gasteiger partial charge is 0.0412 e. The van der Waals surface area contributed by atoms with E-state index < -0.39 is 0 Å². The third-order valence-corrected chi connectivity index (χ3v) is 5.08. The van der Waals surface area contributed by atoms with E-state index in [1.807, 2.05) is 6.07 Å². The SMILES string of the molecule is CCCC1CCC(c2ccc3cc(Cl)ccc3c2)CC1. The Bertz CT molecular complexity index is 579. The highest BCUT2D eigenvalue weighted by molar-refractivity contribution is 6.31. The summed E-state index contributed by atoms with van der Waals surface area (Å²) in [5.41, 5.74) is 1.52. The Labute approximate surface area is 127 Å². The van der Waals surface area contributed by atoms with E-state index in [1.54, 1.807) is 0 Å². The maximum Gasteiger partial charge on any atom is 0.0412 e. The summed E-state index contributed by atoms with van der Waals surface area (Å²) in [7, 11) is 0. The van der Waals surface area contributed by atoms with Gasteiger partial charge in [-0.25, -0.2) is 0 Å². The van der Waals surface area contributed by atoms with Gasteiger partial charge in [-0.3, -0.25) is 0 Å². The molecule has 0 heterocycles. The lowest BCUT2D eigenvalue weighted by molar-refractivity contribution is 0.308. The summed E-state index contributed by atoms with van der Waals surface area (Å²) in [4.78, 5) is 0. The standard InChI is InChI=1S/C19H23Cl/c1-2-3-14-4-6-15(7-5-14)16-8-9-18-13-19(20)11-10-17(18)12-16/h8-15H,2-7H2,1H3. The predicted octanol–water partition coefficient (Wildman–Crippen LogP) is 6.57. The van der Waals surface area contributed by atoms with Crippen molar-refractivity contribution in [2.24, 2.45) is 5.92 Å². The van der Waals surface area contributed by atoms with Gasteiger partial charge in [0.2, 0.25) is 0 Å². The molecule has 0 saturated heterocycles. The van der Waals surface area contributed by atoms with Crippen molar-refractivity contribution in [1.82, 2.24) is 0 Å². The molecular formula is C19H23Cl. The lowest BCUT2D eigenvalue weighted by atomic mass is 9.77. The lowest BCUT2D eigenvalue weighted by Crippen LogP contribution is -2.13. The van der Waals surface area contributed by atoms with Gasteiger partial charge in [0.05, 0.1) is 0 Å². The zero-order valence-electron chi connectivity index (χ0n) is 12.2. The van der Waals surface area contributed by atoms with E-state index >= 15 is 0 Å². The molecule has 3 rings (SSSR count). The zero-order valence-corrected chi connectivity index (χ0v) is 13.0. The van der Waals surface area contributed by atoms with E-state index in [0.717, 1.165) is 16.9 Å². The molecule has 2 aromatic rings. The van der Waals surface area contributed by atoms with Gasteiger partial charge in [-0.1, -0.05) is 55.6 Å². The second kappa shape index (κ2) is 6.18. The summed E-state index contributed by atoms with van der Waals surface area (Å²) in [6.07, 6.45) is 8.32. The molecule has 1 fully saturated rings. The fourth-order valence-electron chi connectivity index (χ4n) is 3.68. The van der Waals surface area contributed by atoms with Crippen molar-refractivity contribution in [3.8, 4) is 0 Å². The van der Waals surface area contributed by atoms with Crippen LogP contribution >= 0.6 is 11.6 Å². The largest absolute Gasteiger partial charge is 0.0843 e. The van der Waals surface area contributed by atoms with Crippen LogP contribution in [-0.2, 0) is 0 Å². The minimum Gasteiger partial charge on any atom is -0.0843 e. The number of fused-ring (bicyclic) bond motifs is 1. The topological polar surface area (TPSA) is 0 Å². The maximum atomic E-state index is 6.05. The molecule has 106 valence electrons. The Kier molecular flexibility index (Phi) is 4.31. The first-order valence-corrected chi connectivity index (χ1v) is 8.33. The van der Waals surface area contributed by atoms with Crippen LogP contribution in [0.15, 0.2) is 36.4 Å². The highest BCUT2D eigenvalue weighted by Gasteiger charge is 2.21. The van der Waals surface area contributed by atoms with Gasteiger partial charge in [-0.05, 0) is 66.0 Å². The Balaban J connectivity index is 1.76. The minimum absolute atomic E-state index is 0.767. The molecule has 20 heavy (non-hydrogen) atoms. The number of benzene rings is 2. The second-order valence-electron chi connectivity index (χ2n) is 6.26. The number of hydrogen-bond acceptors (Lipinski definition) is 0. The van der Waals surface area contributed by atoms with E-state index in [9.17, 15) is 0 Å². The highest BCUT2D eigenvalue weighted by Crippen LogP contribution is 2.38. The van der Waals surface area contributed by atoms with Crippen LogP contribution in [0.5, 0.6) is 0 Å². The third-order valence-electron chi connectivity index (χ3n) is 4.84. The Hall–Kier alpha value is -1.01. The van der Waals surface area contributed by atoms with Crippen LogP contribution in [0.1, 0.15) is 56.9 Å².